The molecule has 0 bridgehead atoms. The van der Waals surface area contributed by atoms with Gasteiger partial charge in [0.25, 0.3) is 0 Å². The molecule has 0 aliphatic heterocycles. The summed E-state index contributed by atoms with van der Waals surface area (Å²) < 4.78 is 25.5. The van der Waals surface area contributed by atoms with Crippen molar-refractivity contribution in [1.82, 2.24) is 19.7 Å². The van der Waals surface area contributed by atoms with Crippen LogP contribution in [-0.2, 0) is 28.1 Å². The molecule has 2 heterocycles. The maximum atomic E-state index is 13.2. The highest BCUT2D eigenvalue weighted by Crippen LogP contribution is 2.24. The van der Waals surface area contributed by atoms with Crippen molar-refractivity contribution in [3.8, 4) is 11.1 Å². The molecule has 4 rings (SSSR count). The first kappa shape index (κ1) is 24.0. The number of aryl methyl sites for hydroxylation is 1. The lowest BCUT2D eigenvalue weighted by Gasteiger charge is -2.10. The van der Waals surface area contributed by atoms with Crippen LogP contribution in [-0.4, -0.2) is 45.6 Å². The number of nitrogens with zero attached hydrogens (tertiary/aromatic N) is 4. The third-order valence-corrected chi connectivity index (χ3v) is 7.08. The van der Waals surface area contributed by atoms with Crippen LogP contribution in [0.1, 0.15) is 28.5 Å². The van der Waals surface area contributed by atoms with E-state index in [1.807, 2.05) is 6.07 Å². The van der Waals surface area contributed by atoms with Gasteiger partial charge in [0.1, 0.15) is 5.69 Å². The van der Waals surface area contributed by atoms with E-state index in [0.717, 1.165) is 0 Å². The predicted molar refractivity (Wildman–Crippen MR) is 131 cm³/mol. The molecule has 4 aromatic rings. The number of carbonyl (C=O) groups is 2. The molecule has 0 atom stereocenters. The molecule has 1 N–H and O–H groups in total. The Labute approximate surface area is 202 Å². The second-order valence-electron chi connectivity index (χ2n) is 7.83. The summed E-state index contributed by atoms with van der Waals surface area (Å²) in [5.74, 6) is -0.714. The number of carbonyl (C=O) groups excluding carboxylic acids is 2. The van der Waals surface area contributed by atoms with Crippen LogP contribution in [0, 0.1) is 0 Å². The number of ketones is 1. The van der Waals surface area contributed by atoms with Crippen molar-refractivity contribution in [3.05, 3.63) is 90.0 Å². The number of anilines is 1. The summed E-state index contributed by atoms with van der Waals surface area (Å²) in [6, 6.07) is 14.9. The molecule has 2 aromatic heterocycles. The Morgan fingerprint density at radius 1 is 1.00 bits per heavy atom. The van der Waals surface area contributed by atoms with Crippen molar-refractivity contribution in [3.63, 3.8) is 0 Å². The number of nitrogens with one attached hydrogen (secondary N) is 1. The molecule has 10 heteroatoms. The molecule has 2 aromatic carbocycles. The van der Waals surface area contributed by atoms with Gasteiger partial charge in [0, 0.05) is 36.1 Å². The van der Waals surface area contributed by atoms with Gasteiger partial charge in [-0.1, -0.05) is 49.4 Å². The zero-order chi connectivity index (χ0) is 25.0. The third-order valence-electron chi connectivity index (χ3n) is 5.33. The van der Waals surface area contributed by atoms with Crippen LogP contribution in [0.4, 0.5) is 5.95 Å². The van der Waals surface area contributed by atoms with Crippen molar-refractivity contribution in [2.75, 3.05) is 11.1 Å². The summed E-state index contributed by atoms with van der Waals surface area (Å²) >= 11 is 0. The van der Waals surface area contributed by atoms with E-state index < -0.39 is 15.7 Å². The van der Waals surface area contributed by atoms with Gasteiger partial charge in [-0.15, -0.1) is 0 Å². The van der Waals surface area contributed by atoms with E-state index in [1.54, 1.807) is 67.4 Å². The van der Waals surface area contributed by atoms with Crippen LogP contribution in [0.5, 0.6) is 0 Å². The molecule has 0 spiro atoms. The van der Waals surface area contributed by atoms with Gasteiger partial charge in [-0.2, -0.15) is 5.10 Å². The number of aromatic nitrogens is 4. The topological polar surface area (TPSA) is 124 Å². The fourth-order valence-corrected chi connectivity index (χ4v) is 4.33. The van der Waals surface area contributed by atoms with Gasteiger partial charge >= 0.3 is 0 Å². The zero-order valence-corrected chi connectivity index (χ0v) is 20.0. The number of hydrogen-bond acceptors (Lipinski definition) is 7. The highest BCUT2D eigenvalue weighted by atomic mass is 32.2. The Kier molecular flexibility index (Phi) is 6.83. The molecule has 0 unspecified atom stereocenters. The van der Waals surface area contributed by atoms with Crippen LogP contribution >= 0.6 is 0 Å². The minimum atomic E-state index is -3.31. The molecule has 0 radical (unpaired) electrons. The van der Waals surface area contributed by atoms with Gasteiger partial charge in [0.05, 0.1) is 23.3 Å². The number of sulfone groups is 1. The van der Waals surface area contributed by atoms with Gasteiger partial charge in [-0.3, -0.25) is 19.6 Å². The van der Waals surface area contributed by atoms with E-state index in [4.69, 9.17) is 0 Å². The lowest BCUT2D eigenvalue weighted by atomic mass is 10.0. The smallest absolute Gasteiger partial charge is 0.231 e. The molecule has 0 aliphatic rings. The number of hydrogen-bond donors (Lipinski definition) is 1. The SMILES string of the molecule is CCS(=O)(=O)c1ccc(CC(=O)Nc2ncc(-c3cnn(C)c3)c(C(=O)c3ccccc3)n2)cc1. The first-order chi connectivity index (χ1) is 16.8. The van der Waals surface area contributed by atoms with E-state index in [2.05, 4.69) is 20.4 Å². The minimum absolute atomic E-state index is 0.00322. The van der Waals surface area contributed by atoms with Crippen molar-refractivity contribution >= 4 is 27.5 Å². The fraction of sp³-hybridized carbons (Fsp3) is 0.160. The molecule has 35 heavy (non-hydrogen) atoms. The molecular weight excluding hydrogens is 466 g/mol. The molecule has 9 nitrogen and oxygen atoms in total. The van der Waals surface area contributed by atoms with Crippen LogP contribution in [0.15, 0.2) is 78.1 Å². The molecule has 0 saturated heterocycles. The second-order valence-corrected chi connectivity index (χ2v) is 10.1. The highest BCUT2D eigenvalue weighted by molar-refractivity contribution is 7.91. The summed E-state index contributed by atoms with van der Waals surface area (Å²) in [6.07, 6.45) is 4.84. The normalized spacial score (nSPS) is 11.3. The second kappa shape index (κ2) is 9.98. The van der Waals surface area contributed by atoms with E-state index >= 15 is 0 Å². The van der Waals surface area contributed by atoms with Gasteiger partial charge in [-0.25, -0.2) is 18.4 Å². The summed E-state index contributed by atoms with van der Waals surface area (Å²) in [6.45, 7) is 1.58. The van der Waals surface area contributed by atoms with Crippen molar-refractivity contribution in [2.45, 2.75) is 18.2 Å². The Balaban J connectivity index is 1.58. The van der Waals surface area contributed by atoms with E-state index in [1.165, 1.54) is 18.3 Å². The zero-order valence-electron chi connectivity index (χ0n) is 19.2. The Morgan fingerprint density at radius 2 is 1.71 bits per heavy atom. The summed E-state index contributed by atoms with van der Waals surface area (Å²) in [4.78, 5) is 34.7. The van der Waals surface area contributed by atoms with Gasteiger partial charge < -0.3 is 0 Å². The summed E-state index contributed by atoms with van der Waals surface area (Å²) in [5, 5.41) is 6.78. The van der Waals surface area contributed by atoms with Crippen LogP contribution in [0.3, 0.4) is 0 Å². The number of amides is 1. The molecular formula is C25H23N5O4S. The molecule has 0 saturated carbocycles. The maximum absolute atomic E-state index is 13.2. The lowest BCUT2D eigenvalue weighted by molar-refractivity contribution is -0.115. The Hall–Kier alpha value is -4.18. The van der Waals surface area contributed by atoms with Gasteiger partial charge in [0.2, 0.25) is 17.6 Å². The third kappa shape index (κ3) is 5.49. The fourth-order valence-electron chi connectivity index (χ4n) is 3.45. The monoisotopic (exact) mass is 489 g/mol. The van der Waals surface area contributed by atoms with E-state index in [-0.39, 0.29) is 34.5 Å². The molecule has 0 aliphatic carbocycles. The predicted octanol–water partition coefficient (Wildman–Crippen LogP) is 3.08. The quantitative estimate of drug-likeness (QED) is 0.377. The average molecular weight is 490 g/mol. The average Bonchev–Trinajstić information content (AvgIpc) is 3.30. The Bertz CT molecular complexity index is 1480. The number of benzene rings is 2. The van der Waals surface area contributed by atoms with Gasteiger partial charge in [0.15, 0.2) is 9.84 Å². The molecule has 0 fully saturated rings. The van der Waals surface area contributed by atoms with Crippen LogP contribution in [0.25, 0.3) is 11.1 Å². The van der Waals surface area contributed by atoms with Crippen molar-refractivity contribution in [1.29, 1.82) is 0 Å². The Morgan fingerprint density at radius 3 is 2.34 bits per heavy atom. The summed E-state index contributed by atoms with van der Waals surface area (Å²) in [5.41, 5.74) is 2.40. The van der Waals surface area contributed by atoms with Crippen molar-refractivity contribution < 1.29 is 18.0 Å². The molecule has 178 valence electrons. The lowest BCUT2D eigenvalue weighted by Crippen LogP contribution is -2.18. The van der Waals surface area contributed by atoms with E-state index in [9.17, 15) is 18.0 Å². The van der Waals surface area contributed by atoms with Crippen LogP contribution in [0.2, 0.25) is 0 Å². The minimum Gasteiger partial charge on any atom is -0.294 e. The molecule has 1 amide bonds. The first-order valence-electron chi connectivity index (χ1n) is 10.8. The number of rotatable bonds is 8. The van der Waals surface area contributed by atoms with Crippen LogP contribution < -0.4 is 5.32 Å². The van der Waals surface area contributed by atoms with E-state index in [0.29, 0.717) is 22.3 Å². The maximum Gasteiger partial charge on any atom is 0.231 e. The standard InChI is InChI=1S/C25H23N5O4S/c1-3-35(33,34)20-11-9-17(10-12-20)13-22(31)28-25-26-15-21(19-14-27-30(2)16-19)23(29-25)24(32)18-7-5-4-6-8-18/h4-12,14-16H,3,13H2,1-2H3,(H,26,28,29,31). The largest absolute Gasteiger partial charge is 0.294 e. The highest BCUT2D eigenvalue weighted by Gasteiger charge is 2.20. The first-order valence-corrected chi connectivity index (χ1v) is 12.5. The summed E-state index contributed by atoms with van der Waals surface area (Å²) in [7, 11) is -1.55. The van der Waals surface area contributed by atoms with Gasteiger partial charge in [-0.05, 0) is 17.7 Å². The van der Waals surface area contributed by atoms with Crippen molar-refractivity contribution in [2.24, 2.45) is 7.05 Å².